The standard InChI is InChI=1S/C11H9N3O3S/c12-5-8-1-2-10(13-6-8)11(15)14-9-3-4-18(16,17)7-9/h1-4,6,9H,7H2,(H,14,15). The maximum absolute atomic E-state index is 11.7. The van der Waals surface area contributed by atoms with Crippen molar-refractivity contribution in [2.45, 2.75) is 6.04 Å². The summed E-state index contributed by atoms with van der Waals surface area (Å²) in [5.74, 6) is -0.596. The molecule has 1 aliphatic rings. The summed E-state index contributed by atoms with van der Waals surface area (Å²) in [6, 6.07) is 4.26. The second-order valence-electron chi connectivity index (χ2n) is 3.78. The minimum absolute atomic E-state index is 0.130. The molecule has 0 bridgehead atoms. The van der Waals surface area contributed by atoms with E-state index in [1.807, 2.05) is 6.07 Å². The predicted molar refractivity (Wildman–Crippen MR) is 63.1 cm³/mol. The molecule has 0 aromatic carbocycles. The van der Waals surface area contributed by atoms with Crippen molar-refractivity contribution in [3.63, 3.8) is 0 Å². The van der Waals surface area contributed by atoms with Crippen LogP contribution in [0, 0.1) is 11.3 Å². The van der Waals surface area contributed by atoms with Gasteiger partial charge in [0.2, 0.25) is 0 Å². The predicted octanol–water partition coefficient (Wildman–Crippen LogP) is -0.00622. The Labute approximate surface area is 104 Å². The van der Waals surface area contributed by atoms with E-state index in [9.17, 15) is 13.2 Å². The lowest BCUT2D eigenvalue weighted by atomic mass is 10.2. The molecule has 0 radical (unpaired) electrons. The third kappa shape index (κ3) is 2.73. The highest BCUT2D eigenvalue weighted by Crippen LogP contribution is 2.08. The number of rotatable bonds is 2. The number of sulfone groups is 1. The fourth-order valence-electron chi connectivity index (χ4n) is 1.50. The molecule has 6 nitrogen and oxygen atoms in total. The summed E-state index contributed by atoms with van der Waals surface area (Å²) in [7, 11) is -3.19. The molecule has 1 aromatic heterocycles. The number of amides is 1. The summed E-state index contributed by atoms with van der Waals surface area (Å²) in [6.07, 6.45) is 2.72. The van der Waals surface area contributed by atoms with Crippen LogP contribution in [0.1, 0.15) is 16.1 Å². The zero-order chi connectivity index (χ0) is 13.2. The molecular weight excluding hydrogens is 254 g/mol. The molecule has 0 saturated heterocycles. The van der Waals surface area contributed by atoms with Gasteiger partial charge in [0.1, 0.15) is 11.8 Å². The average molecular weight is 263 g/mol. The maximum atomic E-state index is 11.7. The second-order valence-corrected chi connectivity index (χ2v) is 5.71. The van der Waals surface area contributed by atoms with Gasteiger partial charge >= 0.3 is 0 Å². The summed E-state index contributed by atoms with van der Waals surface area (Å²) in [4.78, 5) is 15.5. The molecule has 7 heteroatoms. The molecule has 0 spiro atoms. The van der Waals surface area contributed by atoms with Crippen molar-refractivity contribution in [3.8, 4) is 6.07 Å². The first-order chi connectivity index (χ1) is 8.50. The van der Waals surface area contributed by atoms with Gasteiger partial charge in [0.05, 0.1) is 17.4 Å². The minimum Gasteiger partial charge on any atom is -0.343 e. The number of nitrogens with one attached hydrogen (secondary N) is 1. The first kappa shape index (κ1) is 12.3. The first-order valence-corrected chi connectivity index (χ1v) is 6.80. The van der Waals surface area contributed by atoms with Crippen LogP contribution in [-0.4, -0.2) is 31.1 Å². The lowest BCUT2D eigenvalue weighted by molar-refractivity contribution is 0.0942. The van der Waals surface area contributed by atoms with Crippen molar-refractivity contribution in [1.29, 1.82) is 5.26 Å². The van der Waals surface area contributed by atoms with Gasteiger partial charge in [-0.15, -0.1) is 0 Å². The topological polar surface area (TPSA) is 99.9 Å². The van der Waals surface area contributed by atoms with E-state index in [2.05, 4.69) is 10.3 Å². The van der Waals surface area contributed by atoms with Gasteiger partial charge in [0.15, 0.2) is 9.84 Å². The van der Waals surface area contributed by atoms with Crippen molar-refractivity contribution in [2.24, 2.45) is 0 Å². The quantitative estimate of drug-likeness (QED) is 0.809. The fourth-order valence-corrected chi connectivity index (χ4v) is 2.74. The van der Waals surface area contributed by atoms with Gasteiger partial charge in [0.25, 0.3) is 5.91 Å². The molecule has 1 aromatic rings. The van der Waals surface area contributed by atoms with E-state index in [0.29, 0.717) is 5.56 Å². The second kappa shape index (κ2) is 4.58. The molecule has 1 amide bonds. The van der Waals surface area contributed by atoms with Gasteiger partial charge in [-0.05, 0) is 18.2 Å². The average Bonchev–Trinajstić information content (AvgIpc) is 2.68. The van der Waals surface area contributed by atoms with Crippen LogP contribution in [0.5, 0.6) is 0 Å². The van der Waals surface area contributed by atoms with Gasteiger partial charge in [-0.25, -0.2) is 13.4 Å². The number of nitrogens with zero attached hydrogens (tertiary/aromatic N) is 2. The number of hydrogen-bond acceptors (Lipinski definition) is 5. The lowest BCUT2D eigenvalue weighted by Crippen LogP contribution is -2.35. The van der Waals surface area contributed by atoms with E-state index in [1.54, 1.807) is 0 Å². The zero-order valence-electron chi connectivity index (χ0n) is 9.20. The van der Waals surface area contributed by atoms with Crippen molar-refractivity contribution in [3.05, 3.63) is 41.1 Å². The van der Waals surface area contributed by atoms with Crippen LogP contribution in [0.25, 0.3) is 0 Å². The fraction of sp³-hybridized carbons (Fsp3) is 0.182. The van der Waals surface area contributed by atoms with Gasteiger partial charge < -0.3 is 5.32 Å². The van der Waals surface area contributed by atoms with Gasteiger partial charge in [-0.2, -0.15) is 5.26 Å². The monoisotopic (exact) mass is 263 g/mol. The highest BCUT2D eigenvalue weighted by Gasteiger charge is 2.23. The Morgan fingerprint density at radius 1 is 1.50 bits per heavy atom. The summed E-state index contributed by atoms with van der Waals surface area (Å²) in [5, 5.41) is 12.2. The largest absolute Gasteiger partial charge is 0.343 e. The van der Waals surface area contributed by atoms with Gasteiger partial charge in [0, 0.05) is 11.6 Å². The molecule has 2 rings (SSSR count). The Bertz CT molecular complexity index is 641. The highest BCUT2D eigenvalue weighted by atomic mass is 32.2. The summed E-state index contributed by atoms with van der Waals surface area (Å²) < 4.78 is 22.3. The highest BCUT2D eigenvalue weighted by molar-refractivity contribution is 7.94. The Kier molecular flexibility index (Phi) is 3.12. The normalized spacial score (nSPS) is 20.3. The number of carbonyl (C=O) groups is 1. The number of hydrogen-bond donors (Lipinski definition) is 1. The van der Waals surface area contributed by atoms with Gasteiger partial charge in [-0.3, -0.25) is 4.79 Å². The molecule has 0 aliphatic carbocycles. The lowest BCUT2D eigenvalue weighted by Gasteiger charge is -2.09. The summed E-state index contributed by atoms with van der Waals surface area (Å²) >= 11 is 0. The Morgan fingerprint density at radius 2 is 2.28 bits per heavy atom. The van der Waals surface area contributed by atoms with Crippen LogP contribution in [0.4, 0.5) is 0 Å². The molecule has 18 heavy (non-hydrogen) atoms. The number of nitriles is 1. The van der Waals surface area contributed by atoms with E-state index in [0.717, 1.165) is 5.41 Å². The number of carbonyl (C=O) groups excluding carboxylic acids is 1. The van der Waals surface area contributed by atoms with E-state index >= 15 is 0 Å². The molecule has 1 atom stereocenters. The smallest absolute Gasteiger partial charge is 0.270 e. The molecule has 2 heterocycles. The molecule has 0 saturated carbocycles. The maximum Gasteiger partial charge on any atom is 0.270 e. The van der Waals surface area contributed by atoms with Crippen LogP contribution >= 0.6 is 0 Å². The zero-order valence-corrected chi connectivity index (χ0v) is 10.0. The molecule has 1 N–H and O–H groups in total. The molecule has 0 fully saturated rings. The Morgan fingerprint density at radius 3 is 2.78 bits per heavy atom. The molecule has 92 valence electrons. The van der Waals surface area contributed by atoms with Crippen LogP contribution in [-0.2, 0) is 9.84 Å². The Hall–Kier alpha value is -2.20. The third-order valence-corrected chi connectivity index (χ3v) is 3.77. The van der Waals surface area contributed by atoms with Crippen molar-refractivity contribution in [1.82, 2.24) is 10.3 Å². The number of pyridine rings is 1. The van der Waals surface area contributed by atoms with Crippen LogP contribution in [0.3, 0.4) is 0 Å². The van der Waals surface area contributed by atoms with Crippen LogP contribution in [0.2, 0.25) is 0 Å². The van der Waals surface area contributed by atoms with Crippen LogP contribution in [0.15, 0.2) is 29.8 Å². The molecule has 1 unspecified atom stereocenters. The van der Waals surface area contributed by atoms with Crippen molar-refractivity contribution >= 4 is 15.7 Å². The van der Waals surface area contributed by atoms with E-state index in [1.165, 1.54) is 24.4 Å². The van der Waals surface area contributed by atoms with E-state index < -0.39 is 21.8 Å². The SMILES string of the molecule is N#Cc1ccc(C(=O)NC2C=CS(=O)(=O)C2)nc1. The summed E-state index contributed by atoms with van der Waals surface area (Å²) in [6.45, 7) is 0. The van der Waals surface area contributed by atoms with Crippen molar-refractivity contribution < 1.29 is 13.2 Å². The first-order valence-electron chi connectivity index (χ1n) is 5.08. The molecular formula is C11H9N3O3S. The van der Waals surface area contributed by atoms with Crippen molar-refractivity contribution in [2.75, 3.05) is 5.75 Å². The van der Waals surface area contributed by atoms with Gasteiger partial charge in [-0.1, -0.05) is 0 Å². The number of aromatic nitrogens is 1. The summed E-state index contributed by atoms with van der Waals surface area (Å²) in [5.41, 5.74) is 0.501. The minimum atomic E-state index is -3.19. The third-order valence-electron chi connectivity index (χ3n) is 2.37. The molecule has 1 aliphatic heterocycles. The Balaban J connectivity index is 2.05. The van der Waals surface area contributed by atoms with E-state index in [-0.39, 0.29) is 11.4 Å². The van der Waals surface area contributed by atoms with Crippen LogP contribution < -0.4 is 5.32 Å². The van der Waals surface area contributed by atoms with E-state index in [4.69, 9.17) is 5.26 Å².